The Bertz CT molecular complexity index is 833. The topological polar surface area (TPSA) is 144 Å². The molecule has 1 aliphatic heterocycles. The van der Waals surface area contributed by atoms with Gasteiger partial charge in [-0.05, 0) is 24.6 Å². The summed E-state index contributed by atoms with van der Waals surface area (Å²) in [6.45, 7) is 4.90. The molecular weight excluding hydrogens is 428 g/mol. The van der Waals surface area contributed by atoms with Gasteiger partial charge in [-0.1, -0.05) is 12.1 Å². The van der Waals surface area contributed by atoms with Crippen LogP contribution in [0, 0.1) is 0 Å². The standard InChI is InChI=1S/C21H26O11/c1-10(22)14-6-8-15(9-7-14)31-21-19(30-13(4)25)17(29-12(3)24)16(28-11(2)23)18(32-21)20(26)27-5/h6-10,16-19,21-22H,1-5H3/t10?,16-,17-,18-,19+,21+/m0/s1. The molecular formula is C21H26O11. The van der Waals surface area contributed by atoms with Gasteiger partial charge in [-0.3, -0.25) is 14.4 Å². The second kappa shape index (κ2) is 10.9. The van der Waals surface area contributed by atoms with Gasteiger partial charge in [-0.15, -0.1) is 0 Å². The minimum Gasteiger partial charge on any atom is -0.467 e. The maximum Gasteiger partial charge on any atom is 0.339 e. The summed E-state index contributed by atoms with van der Waals surface area (Å²) in [6, 6.07) is 6.27. The molecule has 1 aromatic carbocycles. The normalized spacial score (nSPS) is 25.8. The highest BCUT2D eigenvalue weighted by atomic mass is 16.7. The average molecular weight is 454 g/mol. The van der Waals surface area contributed by atoms with E-state index in [0.717, 1.165) is 27.9 Å². The smallest absolute Gasteiger partial charge is 0.339 e. The van der Waals surface area contributed by atoms with E-state index >= 15 is 0 Å². The Morgan fingerprint density at radius 2 is 1.38 bits per heavy atom. The third-order valence-corrected chi connectivity index (χ3v) is 4.45. The number of carbonyl (C=O) groups excluding carboxylic acids is 4. The number of benzene rings is 1. The van der Waals surface area contributed by atoms with Crippen molar-refractivity contribution in [2.75, 3.05) is 7.11 Å². The summed E-state index contributed by atoms with van der Waals surface area (Å²) >= 11 is 0. The molecule has 6 atom stereocenters. The first kappa shape index (κ1) is 25.1. The highest BCUT2D eigenvalue weighted by Gasteiger charge is 2.55. The number of methoxy groups -OCH3 is 1. The van der Waals surface area contributed by atoms with Gasteiger partial charge in [0.2, 0.25) is 12.4 Å². The Balaban J connectivity index is 2.46. The van der Waals surface area contributed by atoms with Crippen molar-refractivity contribution in [2.45, 2.75) is 64.5 Å². The second-order valence-corrected chi connectivity index (χ2v) is 7.03. The van der Waals surface area contributed by atoms with E-state index in [1.807, 2.05) is 0 Å². The Labute approximate surface area is 184 Å². The molecule has 1 unspecified atom stereocenters. The Morgan fingerprint density at radius 3 is 1.84 bits per heavy atom. The van der Waals surface area contributed by atoms with Crippen LogP contribution < -0.4 is 4.74 Å². The third-order valence-electron chi connectivity index (χ3n) is 4.45. The number of aliphatic hydroxyl groups excluding tert-OH is 1. The summed E-state index contributed by atoms with van der Waals surface area (Å²) in [5, 5.41) is 9.66. The summed E-state index contributed by atoms with van der Waals surface area (Å²) in [7, 11) is 1.10. The zero-order valence-corrected chi connectivity index (χ0v) is 18.3. The molecule has 11 nitrogen and oxygen atoms in total. The summed E-state index contributed by atoms with van der Waals surface area (Å²) in [5.74, 6) is -3.01. The van der Waals surface area contributed by atoms with E-state index in [-0.39, 0.29) is 5.75 Å². The van der Waals surface area contributed by atoms with Crippen LogP contribution in [-0.2, 0) is 42.9 Å². The minimum absolute atomic E-state index is 0.243. The van der Waals surface area contributed by atoms with Crippen LogP contribution in [0.4, 0.5) is 0 Å². The molecule has 1 saturated heterocycles. The molecule has 176 valence electrons. The molecule has 0 aliphatic carbocycles. The fraction of sp³-hybridized carbons (Fsp3) is 0.524. The summed E-state index contributed by atoms with van der Waals surface area (Å²) < 4.78 is 31.9. The number of carbonyl (C=O) groups is 4. The molecule has 0 amide bonds. The zero-order valence-electron chi connectivity index (χ0n) is 18.3. The first-order chi connectivity index (χ1) is 15.0. The minimum atomic E-state index is -1.54. The van der Waals surface area contributed by atoms with Gasteiger partial charge in [0.25, 0.3) is 0 Å². The SMILES string of the molecule is COC(=O)[C@H]1O[C@@H](Oc2ccc(C(C)O)cc2)[C@H](OC(C)=O)[C@@H](OC(C)=O)[C@@H]1OC(C)=O. The maximum absolute atomic E-state index is 12.4. The van der Waals surface area contributed by atoms with E-state index in [4.69, 9.17) is 28.4 Å². The number of hydrogen-bond donors (Lipinski definition) is 1. The van der Waals surface area contributed by atoms with E-state index in [0.29, 0.717) is 5.56 Å². The van der Waals surface area contributed by atoms with Crippen molar-refractivity contribution in [2.24, 2.45) is 0 Å². The van der Waals surface area contributed by atoms with Crippen LogP contribution in [0.15, 0.2) is 24.3 Å². The van der Waals surface area contributed by atoms with Crippen molar-refractivity contribution in [1.82, 2.24) is 0 Å². The molecule has 0 radical (unpaired) electrons. The molecule has 1 heterocycles. The van der Waals surface area contributed by atoms with Crippen molar-refractivity contribution in [3.8, 4) is 5.75 Å². The van der Waals surface area contributed by atoms with Crippen LogP contribution in [0.1, 0.15) is 39.4 Å². The third kappa shape index (κ3) is 6.41. The molecule has 32 heavy (non-hydrogen) atoms. The van der Waals surface area contributed by atoms with Crippen molar-refractivity contribution in [3.05, 3.63) is 29.8 Å². The van der Waals surface area contributed by atoms with Gasteiger partial charge in [-0.25, -0.2) is 4.79 Å². The quantitative estimate of drug-likeness (QED) is 0.462. The van der Waals surface area contributed by atoms with Gasteiger partial charge in [-0.2, -0.15) is 0 Å². The molecule has 1 N–H and O–H groups in total. The summed E-state index contributed by atoms with van der Waals surface area (Å²) in [4.78, 5) is 47.5. The van der Waals surface area contributed by atoms with Crippen molar-refractivity contribution in [1.29, 1.82) is 0 Å². The van der Waals surface area contributed by atoms with E-state index in [9.17, 15) is 24.3 Å². The molecule has 0 bridgehead atoms. The number of hydrogen-bond acceptors (Lipinski definition) is 11. The van der Waals surface area contributed by atoms with Gasteiger partial charge in [0.15, 0.2) is 18.3 Å². The van der Waals surface area contributed by atoms with Crippen LogP contribution in [0.25, 0.3) is 0 Å². The van der Waals surface area contributed by atoms with Crippen LogP contribution in [0.3, 0.4) is 0 Å². The predicted molar refractivity (Wildman–Crippen MR) is 105 cm³/mol. The lowest BCUT2D eigenvalue weighted by Gasteiger charge is -2.43. The van der Waals surface area contributed by atoms with Gasteiger partial charge in [0.1, 0.15) is 5.75 Å². The molecule has 1 aromatic rings. The molecule has 0 saturated carbocycles. The van der Waals surface area contributed by atoms with Gasteiger partial charge >= 0.3 is 23.9 Å². The molecule has 11 heteroatoms. The molecule has 2 rings (SSSR count). The van der Waals surface area contributed by atoms with E-state index in [1.54, 1.807) is 19.1 Å². The Hall–Kier alpha value is -3.18. The Morgan fingerprint density at radius 1 is 0.875 bits per heavy atom. The van der Waals surface area contributed by atoms with Crippen LogP contribution in [-0.4, -0.2) is 66.8 Å². The van der Waals surface area contributed by atoms with Crippen molar-refractivity contribution < 1.29 is 52.7 Å². The second-order valence-electron chi connectivity index (χ2n) is 7.03. The van der Waals surface area contributed by atoms with Crippen molar-refractivity contribution in [3.63, 3.8) is 0 Å². The van der Waals surface area contributed by atoms with Gasteiger partial charge < -0.3 is 33.5 Å². The lowest BCUT2D eigenvalue weighted by Crippen LogP contribution is -2.64. The number of ether oxygens (including phenoxy) is 6. The fourth-order valence-electron chi connectivity index (χ4n) is 3.13. The van der Waals surface area contributed by atoms with E-state index in [1.165, 1.54) is 12.1 Å². The molecule has 1 aliphatic rings. The monoisotopic (exact) mass is 454 g/mol. The largest absolute Gasteiger partial charge is 0.467 e. The Kier molecular flexibility index (Phi) is 8.56. The highest BCUT2D eigenvalue weighted by molar-refractivity contribution is 5.77. The van der Waals surface area contributed by atoms with Crippen LogP contribution >= 0.6 is 0 Å². The lowest BCUT2D eigenvalue weighted by molar-refractivity contribution is -0.282. The van der Waals surface area contributed by atoms with Crippen molar-refractivity contribution >= 4 is 23.9 Å². The maximum atomic E-state index is 12.4. The molecule has 0 spiro atoms. The first-order valence-corrected chi connectivity index (χ1v) is 9.73. The van der Waals surface area contributed by atoms with Crippen LogP contribution in [0.5, 0.6) is 5.75 Å². The molecule has 0 aromatic heterocycles. The zero-order chi connectivity index (χ0) is 24.0. The summed E-state index contributed by atoms with van der Waals surface area (Å²) in [6.07, 6.45) is -7.97. The number of aliphatic hydroxyl groups is 1. The van der Waals surface area contributed by atoms with Crippen LogP contribution in [0.2, 0.25) is 0 Å². The number of esters is 4. The van der Waals surface area contributed by atoms with E-state index in [2.05, 4.69) is 0 Å². The fourth-order valence-corrected chi connectivity index (χ4v) is 3.13. The highest BCUT2D eigenvalue weighted by Crippen LogP contribution is 2.31. The molecule has 1 fully saturated rings. The van der Waals surface area contributed by atoms with Gasteiger partial charge in [0.05, 0.1) is 13.2 Å². The predicted octanol–water partition coefficient (Wildman–Crippen LogP) is 0.812. The lowest BCUT2D eigenvalue weighted by atomic mass is 9.97. The number of rotatable bonds is 7. The first-order valence-electron chi connectivity index (χ1n) is 9.73. The average Bonchev–Trinajstić information content (AvgIpc) is 2.70. The van der Waals surface area contributed by atoms with Gasteiger partial charge in [0, 0.05) is 20.8 Å². The van der Waals surface area contributed by atoms with E-state index < -0.39 is 60.7 Å². The summed E-state index contributed by atoms with van der Waals surface area (Å²) in [5.41, 5.74) is 0.624.